The number of benzene rings is 2. The number of rotatable bonds is 3. The Hall–Kier alpha value is -2.79. The van der Waals surface area contributed by atoms with Gasteiger partial charge in [-0.15, -0.1) is 11.3 Å². The Kier molecular flexibility index (Phi) is 3.70. The van der Waals surface area contributed by atoms with E-state index in [0.717, 1.165) is 21.8 Å². The van der Waals surface area contributed by atoms with Gasteiger partial charge in [-0.25, -0.2) is 14.6 Å². The Bertz CT molecular complexity index is 973. The summed E-state index contributed by atoms with van der Waals surface area (Å²) in [5.41, 5.74) is 5.79. The Morgan fingerprint density at radius 2 is 1.79 bits per heavy atom. The van der Waals surface area contributed by atoms with Crippen LogP contribution >= 0.6 is 11.3 Å². The maximum Gasteiger partial charge on any atom is 0.138 e. The standard InChI is InChI=1S/C19H16N4S/c1-13-9-17-18(10-14(13)2)24-19(22-17)8-5-15-3-6-16(7-4-15)23-12-20-11-21-23/h3-12H,1-2H3/b8-5+. The van der Waals surface area contributed by atoms with Crippen molar-refractivity contribution < 1.29 is 0 Å². The van der Waals surface area contributed by atoms with Crippen molar-refractivity contribution in [3.05, 3.63) is 70.8 Å². The van der Waals surface area contributed by atoms with Crippen molar-refractivity contribution in [2.75, 3.05) is 0 Å². The summed E-state index contributed by atoms with van der Waals surface area (Å²) < 4.78 is 2.98. The molecule has 0 saturated carbocycles. The van der Waals surface area contributed by atoms with Crippen LogP contribution in [0.15, 0.2) is 49.1 Å². The van der Waals surface area contributed by atoms with E-state index in [2.05, 4.69) is 60.3 Å². The third-order valence-corrected chi connectivity index (χ3v) is 5.00. The normalized spacial score (nSPS) is 11.6. The van der Waals surface area contributed by atoms with E-state index in [4.69, 9.17) is 4.98 Å². The molecule has 4 aromatic rings. The molecule has 0 unspecified atom stereocenters. The summed E-state index contributed by atoms with van der Waals surface area (Å²) in [6.45, 7) is 4.26. The molecule has 0 bridgehead atoms. The summed E-state index contributed by atoms with van der Waals surface area (Å²) in [4.78, 5) is 8.66. The molecule has 2 aromatic carbocycles. The average molecular weight is 332 g/mol. The van der Waals surface area contributed by atoms with Crippen LogP contribution in [0.3, 0.4) is 0 Å². The number of aryl methyl sites for hydroxylation is 2. The maximum absolute atomic E-state index is 4.70. The SMILES string of the molecule is Cc1cc2nc(/C=C/c3ccc(-n4cncn4)cc3)sc2cc1C. The highest BCUT2D eigenvalue weighted by atomic mass is 32.1. The van der Waals surface area contributed by atoms with Gasteiger partial charge in [-0.05, 0) is 60.9 Å². The number of hydrogen-bond donors (Lipinski definition) is 0. The monoisotopic (exact) mass is 332 g/mol. The van der Waals surface area contributed by atoms with Crippen LogP contribution in [0.1, 0.15) is 21.7 Å². The zero-order chi connectivity index (χ0) is 16.5. The van der Waals surface area contributed by atoms with Gasteiger partial charge >= 0.3 is 0 Å². The van der Waals surface area contributed by atoms with Crippen LogP contribution in [-0.4, -0.2) is 19.7 Å². The Labute approximate surface area is 144 Å². The summed E-state index contributed by atoms with van der Waals surface area (Å²) in [5, 5.41) is 5.15. The fourth-order valence-electron chi connectivity index (χ4n) is 2.52. The van der Waals surface area contributed by atoms with Gasteiger partial charge in [0.1, 0.15) is 17.7 Å². The van der Waals surface area contributed by atoms with Gasteiger partial charge in [-0.2, -0.15) is 5.10 Å². The van der Waals surface area contributed by atoms with Gasteiger partial charge in [0.2, 0.25) is 0 Å². The molecular formula is C19H16N4S. The first-order valence-corrected chi connectivity index (χ1v) is 8.52. The molecule has 0 fully saturated rings. The molecular weight excluding hydrogens is 316 g/mol. The highest BCUT2D eigenvalue weighted by molar-refractivity contribution is 7.19. The van der Waals surface area contributed by atoms with Gasteiger partial charge in [0.05, 0.1) is 15.9 Å². The maximum atomic E-state index is 4.70. The van der Waals surface area contributed by atoms with Crippen molar-refractivity contribution in [1.82, 2.24) is 19.7 Å². The molecule has 0 aliphatic heterocycles. The van der Waals surface area contributed by atoms with Gasteiger partial charge in [-0.1, -0.05) is 18.2 Å². The molecule has 5 heteroatoms. The van der Waals surface area contributed by atoms with Crippen molar-refractivity contribution in [3.63, 3.8) is 0 Å². The summed E-state index contributed by atoms with van der Waals surface area (Å²) in [5.74, 6) is 0. The lowest BCUT2D eigenvalue weighted by atomic mass is 10.1. The van der Waals surface area contributed by atoms with Crippen LogP contribution in [0.2, 0.25) is 0 Å². The van der Waals surface area contributed by atoms with Crippen LogP contribution < -0.4 is 0 Å². The Morgan fingerprint density at radius 1 is 1.00 bits per heavy atom. The average Bonchev–Trinajstić information content (AvgIpc) is 3.24. The molecule has 0 radical (unpaired) electrons. The summed E-state index contributed by atoms with van der Waals surface area (Å²) in [7, 11) is 0. The number of fused-ring (bicyclic) bond motifs is 1. The van der Waals surface area contributed by atoms with E-state index >= 15 is 0 Å². The molecule has 4 nitrogen and oxygen atoms in total. The van der Waals surface area contributed by atoms with Crippen LogP contribution in [0, 0.1) is 13.8 Å². The number of aromatic nitrogens is 4. The first-order chi connectivity index (χ1) is 11.7. The lowest BCUT2D eigenvalue weighted by molar-refractivity contribution is 0.879. The number of hydrogen-bond acceptors (Lipinski definition) is 4. The van der Waals surface area contributed by atoms with Crippen LogP contribution in [0.5, 0.6) is 0 Å². The van der Waals surface area contributed by atoms with Gasteiger partial charge in [0.15, 0.2) is 0 Å². The number of nitrogens with zero attached hydrogens (tertiary/aromatic N) is 4. The van der Waals surface area contributed by atoms with Crippen molar-refractivity contribution in [3.8, 4) is 5.69 Å². The topological polar surface area (TPSA) is 43.6 Å². The molecule has 2 aromatic heterocycles. The second-order valence-corrected chi connectivity index (χ2v) is 6.78. The van der Waals surface area contributed by atoms with Crippen molar-refractivity contribution in [1.29, 1.82) is 0 Å². The Morgan fingerprint density at radius 3 is 2.54 bits per heavy atom. The summed E-state index contributed by atoms with van der Waals surface area (Å²) >= 11 is 1.72. The lowest BCUT2D eigenvalue weighted by Gasteiger charge is -2.00. The minimum atomic E-state index is 0.996. The lowest BCUT2D eigenvalue weighted by Crippen LogP contribution is -1.93. The molecule has 0 amide bonds. The van der Waals surface area contributed by atoms with E-state index in [1.807, 2.05) is 12.1 Å². The van der Waals surface area contributed by atoms with Gasteiger partial charge < -0.3 is 0 Å². The molecule has 0 spiro atoms. The van der Waals surface area contributed by atoms with Gasteiger partial charge in [-0.3, -0.25) is 0 Å². The minimum Gasteiger partial charge on any atom is -0.237 e. The quantitative estimate of drug-likeness (QED) is 0.548. The fraction of sp³-hybridized carbons (Fsp3) is 0.105. The molecule has 0 aliphatic rings. The van der Waals surface area contributed by atoms with Crippen LogP contribution in [-0.2, 0) is 0 Å². The highest BCUT2D eigenvalue weighted by Crippen LogP contribution is 2.26. The van der Waals surface area contributed by atoms with Crippen LogP contribution in [0.25, 0.3) is 28.1 Å². The number of thiazole rings is 1. The zero-order valence-electron chi connectivity index (χ0n) is 13.5. The molecule has 118 valence electrons. The van der Waals surface area contributed by atoms with Gasteiger partial charge in [0, 0.05) is 0 Å². The molecule has 2 heterocycles. The summed E-state index contributed by atoms with van der Waals surface area (Å²) in [6, 6.07) is 12.6. The predicted molar refractivity (Wildman–Crippen MR) is 99.4 cm³/mol. The Balaban J connectivity index is 1.58. The van der Waals surface area contributed by atoms with Crippen LogP contribution in [0.4, 0.5) is 0 Å². The highest BCUT2D eigenvalue weighted by Gasteiger charge is 2.04. The predicted octanol–water partition coefficient (Wildman–Crippen LogP) is 4.66. The van der Waals surface area contributed by atoms with E-state index in [1.165, 1.54) is 22.2 Å². The second kappa shape index (κ2) is 6.02. The fourth-order valence-corrected chi connectivity index (χ4v) is 3.47. The van der Waals surface area contributed by atoms with E-state index in [1.54, 1.807) is 22.3 Å². The van der Waals surface area contributed by atoms with E-state index in [-0.39, 0.29) is 0 Å². The van der Waals surface area contributed by atoms with E-state index < -0.39 is 0 Å². The molecule has 0 aliphatic carbocycles. The largest absolute Gasteiger partial charge is 0.237 e. The van der Waals surface area contributed by atoms with E-state index in [0.29, 0.717) is 0 Å². The van der Waals surface area contributed by atoms with Gasteiger partial charge in [0.25, 0.3) is 0 Å². The first kappa shape index (κ1) is 14.8. The third-order valence-electron chi connectivity index (χ3n) is 4.02. The van der Waals surface area contributed by atoms with E-state index in [9.17, 15) is 0 Å². The first-order valence-electron chi connectivity index (χ1n) is 7.70. The third kappa shape index (κ3) is 2.86. The van der Waals surface area contributed by atoms with Crippen molar-refractivity contribution in [2.45, 2.75) is 13.8 Å². The second-order valence-electron chi connectivity index (χ2n) is 5.72. The van der Waals surface area contributed by atoms with Crippen molar-refractivity contribution in [2.24, 2.45) is 0 Å². The summed E-state index contributed by atoms with van der Waals surface area (Å²) in [6.07, 6.45) is 7.38. The molecule has 0 N–H and O–H groups in total. The smallest absolute Gasteiger partial charge is 0.138 e. The molecule has 4 rings (SSSR count). The zero-order valence-corrected chi connectivity index (χ0v) is 14.3. The minimum absolute atomic E-state index is 0.996. The molecule has 0 atom stereocenters. The molecule has 24 heavy (non-hydrogen) atoms. The van der Waals surface area contributed by atoms with Crippen molar-refractivity contribution >= 4 is 33.7 Å². The molecule has 0 saturated heterocycles.